The van der Waals surface area contributed by atoms with Crippen LogP contribution in [0.2, 0.25) is 5.02 Å². The highest BCUT2D eigenvalue weighted by molar-refractivity contribution is 7.19. The van der Waals surface area contributed by atoms with Crippen LogP contribution in [0, 0.1) is 0 Å². The number of carbonyl (C=O) groups excluding carboxylic acids is 1. The van der Waals surface area contributed by atoms with Gasteiger partial charge in [0.05, 0.1) is 12.8 Å². The summed E-state index contributed by atoms with van der Waals surface area (Å²) in [5.74, 6) is 0.759. The first-order chi connectivity index (χ1) is 17.0. The van der Waals surface area contributed by atoms with Gasteiger partial charge in [0.2, 0.25) is 4.96 Å². The summed E-state index contributed by atoms with van der Waals surface area (Å²) in [5, 5.41) is 8.68. The Morgan fingerprint density at radius 2 is 1.80 bits per heavy atom. The van der Waals surface area contributed by atoms with Crippen molar-refractivity contribution in [1.82, 2.24) is 24.4 Å². The lowest BCUT2D eigenvalue weighted by Crippen LogP contribution is -2.49. The van der Waals surface area contributed by atoms with Gasteiger partial charge in [-0.15, -0.1) is 0 Å². The van der Waals surface area contributed by atoms with Crippen molar-refractivity contribution in [2.45, 2.75) is 6.54 Å². The lowest BCUT2D eigenvalue weighted by molar-refractivity contribution is 0.142. The number of methoxy groups -OCH3 is 1. The number of benzene rings is 2. The molecule has 1 aliphatic rings. The summed E-state index contributed by atoms with van der Waals surface area (Å²) in [6.07, 6.45) is 0. The lowest BCUT2D eigenvalue weighted by atomic mass is 10.2. The van der Waals surface area contributed by atoms with Gasteiger partial charge in [0.25, 0.3) is 5.56 Å². The first-order valence-electron chi connectivity index (χ1n) is 11.1. The van der Waals surface area contributed by atoms with Gasteiger partial charge in [0, 0.05) is 55.1 Å². The molecule has 0 aliphatic carbocycles. The molecule has 4 aromatic rings. The Bertz CT molecular complexity index is 1400. The van der Waals surface area contributed by atoms with E-state index in [0.717, 1.165) is 16.3 Å². The molecule has 1 saturated heterocycles. The van der Waals surface area contributed by atoms with Crippen molar-refractivity contribution in [3.63, 3.8) is 0 Å². The number of amides is 2. The molecule has 0 saturated carbocycles. The normalized spacial score (nSPS) is 14.3. The molecule has 1 N–H and O–H groups in total. The van der Waals surface area contributed by atoms with Crippen LogP contribution in [-0.4, -0.2) is 63.7 Å². The van der Waals surface area contributed by atoms with E-state index < -0.39 is 0 Å². The number of anilines is 1. The molecule has 0 unspecified atom stereocenters. The molecule has 1 fully saturated rings. The Morgan fingerprint density at radius 3 is 2.49 bits per heavy atom. The number of nitrogens with zero attached hydrogens (tertiary/aromatic N) is 5. The van der Waals surface area contributed by atoms with Gasteiger partial charge in [-0.3, -0.25) is 9.69 Å². The molecule has 9 nitrogen and oxygen atoms in total. The maximum Gasteiger partial charge on any atom is 0.321 e. The van der Waals surface area contributed by atoms with Crippen LogP contribution < -0.4 is 15.6 Å². The number of rotatable bonds is 5. The molecule has 0 bridgehead atoms. The standard InChI is InChI=1S/C24H23ClN6O3S/c1-34-20-8-2-16(3-9-20)22-28-31-21(32)14-19(27-24(31)35-22)15-29-10-12-30(13-11-29)23(33)26-18-6-4-17(25)5-7-18/h2-9,14H,10-13,15H2,1H3,(H,26,33). The van der Waals surface area contributed by atoms with Crippen molar-refractivity contribution in [3.8, 4) is 16.3 Å². The summed E-state index contributed by atoms with van der Waals surface area (Å²) >= 11 is 7.27. The van der Waals surface area contributed by atoms with Gasteiger partial charge in [-0.1, -0.05) is 22.9 Å². The third-order valence-corrected chi connectivity index (χ3v) is 6.99. The molecule has 0 atom stereocenters. The molecule has 1 aliphatic heterocycles. The van der Waals surface area contributed by atoms with Crippen LogP contribution >= 0.6 is 22.9 Å². The van der Waals surface area contributed by atoms with Gasteiger partial charge in [-0.25, -0.2) is 9.78 Å². The van der Waals surface area contributed by atoms with E-state index in [2.05, 4.69) is 20.3 Å². The van der Waals surface area contributed by atoms with Crippen LogP contribution in [0.3, 0.4) is 0 Å². The van der Waals surface area contributed by atoms with E-state index in [0.29, 0.717) is 54.1 Å². The van der Waals surface area contributed by atoms with Crippen molar-refractivity contribution < 1.29 is 9.53 Å². The summed E-state index contributed by atoms with van der Waals surface area (Å²) in [4.78, 5) is 34.4. The summed E-state index contributed by atoms with van der Waals surface area (Å²) in [7, 11) is 1.62. The van der Waals surface area contributed by atoms with E-state index in [4.69, 9.17) is 16.3 Å². The zero-order chi connectivity index (χ0) is 24.4. The van der Waals surface area contributed by atoms with Crippen LogP contribution in [0.4, 0.5) is 10.5 Å². The summed E-state index contributed by atoms with van der Waals surface area (Å²) in [5.41, 5.74) is 2.09. The van der Waals surface area contributed by atoms with E-state index >= 15 is 0 Å². The number of hydrogen-bond donors (Lipinski definition) is 1. The molecular weight excluding hydrogens is 488 g/mol. The number of urea groups is 1. The Balaban J connectivity index is 1.22. The number of piperazine rings is 1. The highest BCUT2D eigenvalue weighted by Gasteiger charge is 2.22. The fraction of sp³-hybridized carbons (Fsp3) is 0.250. The second kappa shape index (κ2) is 10.0. The molecule has 2 aromatic carbocycles. The molecular formula is C24H23ClN6O3S. The van der Waals surface area contributed by atoms with Gasteiger partial charge in [0.15, 0.2) is 0 Å². The van der Waals surface area contributed by atoms with E-state index in [9.17, 15) is 9.59 Å². The Morgan fingerprint density at radius 1 is 1.09 bits per heavy atom. The zero-order valence-electron chi connectivity index (χ0n) is 19.0. The summed E-state index contributed by atoms with van der Waals surface area (Å²) in [6, 6.07) is 16.0. The van der Waals surface area contributed by atoms with Gasteiger partial charge < -0.3 is 15.0 Å². The number of halogens is 1. The highest BCUT2D eigenvalue weighted by atomic mass is 35.5. The monoisotopic (exact) mass is 510 g/mol. The average molecular weight is 511 g/mol. The molecule has 2 aromatic heterocycles. The smallest absolute Gasteiger partial charge is 0.321 e. The number of carbonyl (C=O) groups is 1. The van der Waals surface area contributed by atoms with Crippen LogP contribution in [-0.2, 0) is 6.54 Å². The second-order valence-electron chi connectivity index (χ2n) is 8.12. The minimum atomic E-state index is -0.206. The maximum atomic E-state index is 12.7. The SMILES string of the molecule is COc1ccc(-c2nn3c(=O)cc(CN4CCN(C(=O)Nc5ccc(Cl)cc5)CC4)nc3s2)cc1. The first-order valence-corrected chi connectivity index (χ1v) is 12.3. The minimum absolute atomic E-state index is 0.138. The summed E-state index contributed by atoms with van der Waals surface area (Å²) in [6.45, 7) is 3.09. The van der Waals surface area contributed by atoms with E-state index in [1.807, 2.05) is 24.3 Å². The van der Waals surface area contributed by atoms with Gasteiger partial charge in [-0.05, 0) is 48.5 Å². The third kappa shape index (κ3) is 5.29. The second-order valence-corrected chi connectivity index (χ2v) is 9.51. The largest absolute Gasteiger partial charge is 0.497 e. The van der Waals surface area contributed by atoms with Crippen LogP contribution in [0.25, 0.3) is 15.5 Å². The highest BCUT2D eigenvalue weighted by Crippen LogP contribution is 2.26. The van der Waals surface area contributed by atoms with Gasteiger partial charge in [-0.2, -0.15) is 9.61 Å². The van der Waals surface area contributed by atoms with Crippen molar-refractivity contribution in [2.75, 3.05) is 38.6 Å². The van der Waals surface area contributed by atoms with Gasteiger partial charge in [0.1, 0.15) is 10.8 Å². The van der Waals surface area contributed by atoms with Crippen molar-refractivity contribution in [1.29, 1.82) is 0 Å². The zero-order valence-corrected chi connectivity index (χ0v) is 20.6. The number of aromatic nitrogens is 3. The van der Waals surface area contributed by atoms with Crippen molar-refractivity contribution >= 4 is 39.6 Å². The number of nitrogens with one attached hydrogen (secondary N) is 1. The third-order valence-electron chi connectivity index (χ3n) is 5.78. The molecule has 35 heavy (non-hydrogen) atoms. The lowest BCUT2D eigenvalue weighted by Gasteiger charge is -2.34. The Hall–Kier alpha value is -3.47. The molecule has 0 radical (unpaired) electrons. The molecule has 5 rings (SSSR count). The van der Waals surface area contributed by atoms with Crippen LogP contribution in [0.15, 0.2) is 59.4 Å². The molecule has 11 heteroatoms. The molecule has 0 spiro atoms. The number of hydrogen-bond acceptors (Lipinski definition) is 7. The quantitative estimate of drug-likeness (QED) is 0.438. The minimum Gasteiger partial charge on any atom is -0.497 e. The Kier molecular flexibility index (Phi) is 6.67. The predicted molar refractivity (Wildman–Crippen MR) is 136 cm³/mol. The van der Waals surface area contributed by atoms with E-state index in [1.165, 1.54) is 21.9 Å². The summed E-state index contributed by atoms with van der Waals surface area (Å²) < 4.78 is 6.54. The fourth-order valence-electron chi connectivity index (χ4n) is 3.86. The first kappa shape index (κ1) is 23.3. The van der Waals surface area contributed by atoms with E-state index in [1.54, 1.807) is 36.3 Å². The molecule has 180 valence electrons. The van der Waals surface area contributed by atoms with Crippen LogP contribution in [0.5, 0.6) is 5.75 Å². The molecule has 2 amide bonds. The van der Waals surface area contributed by atoms with Gasteiger partial charge >= 0.3 is 6.03 Å². The predicted octanol–water partition coefficient (Wildman–Crippen LogP) is 3.83. The van der Waals surface area contributed by atoms with Crippen LogP contribution in [0.1, 0.15) is 5.69 Å². The van der Waals surface area contributed by atoms with Crippen molar-refractivity contribution in [3.05, 3.63) is 75.7 Å². The maximum absolute atomic E-state index is 12.7. The topological polar surface area (TPSA) is 92.1 Å². The number of ether oxygens (including phenoxy) is 1. The van der Waals surface area contributed by atoms with Crippen molar-refractivity contribution in [2.24, 2.45) is 0 Å². The number of fused-ring (bicyclic) bond motifs is 1. The van der Waals surface area contributed by atoms with E-state index in [-0.39, 0.29) is 11.6 Å². The fourth-order valence-corrected chi connectivity index (χ4v) is 4.92. The molecule has 3 heterocycles. The Labute approximate surface area is 210 Å². The average Bonchev–Trinajstić information content (AvgIpc) is 3.31.